The number of fused-ring (bicyclic) bond motifs is 1. The van der Waals surface area contributed by atoms with Crippen LogP contribution in [-0.2, 0) is 6.54 Å². The van der Waals surface area contributed by atoms with Crippen LogP contribution in [0.5, 0.6) is 5.75 Å². The second kappa shape index (κ2) is 7.93. The molecule has 0 radical (unpaired) electrons. The summed E-state index contributed by atoms with van der Waals surface area (Å²) in [6, 6.07) is 16.3. The number of hydrogen-bond donors (Lipinski definition) is 0. The lowest BCUT2D eigenvalue weighted by Gasteiger charge is -2.33. The molecule has 0 N–H and O–H groups in total. The highest BCUT2D eigenvalue weighted by atomic mass is 32.1. The van der Waals surface area contributed by atoms with Gasteiger partial charge in [0.15, 0.2) is 0 Å². The molecule has 1 saturated heterocycles. The number of para-hydroxylation sites is 1. The topological polar surface area (TPSA) is 64.3 Å². The maximum atomic E-state index is 5.97. The second-order valence-electron chi connectivity index (χ2n) is 7.23. The molecule has 0 saturated carbocycles. The summed E-state index contributed by atoms with van der Waals surface area (Å²) < 4.78 is 12.4. The molecule has 1 fully saturated rings. The van der Waals surface area contributed by atoms with Crippen LogP contribution < -0.4 is 4.74 Å². The zero-order chi connectivity index (χ0) is 19.6. The van der Waals surface area contributed by atoms with Gasteiger partial charge in [0.2, 0.25) is 11.8 Å². The van der Waals surface area contributed by atoms with E-state index in [1.807, 2.05) is 30.3 Å². The van der Waals surface area contributed by atoms with Crippen LogP contribution in [0.25, 0.3) is 21.7 Å². The van der Waals surface area contributed by atoms with Gasteiger partial charge in [0.1, 0.15) is 10.8 Å². The molecule has 0 aliphatic carbocycles. The summed E-state index contributed by atoms with van der Waals surface area (Å²) in [4.78, 5) is 7.32. The molecule has 0 spiro atoms. The summed E-state index contributed by atoms with van der Waals surface area (Å²) in [7, 11) is 1.65. The number of hydrogen-bond acceptors (Lipinski definition) is 7. The third-order valence-electron chi connectivity index (χ3n) is 5.35. The Kier molecular flexibility index (Phi) is 4.99. The van der Waals surface area contributed by atoms with E-state index in [1.54, 1.807) is 18.4 Å². The van der Waals surface area contributed by atoms with Gasteiger partial charge in [-0.2, -0.15) is 0 Å². The molecule has 1 aliphatic heterocycles. The second-order valence-corrected chi connectivity index (χ2v) is 8.29. The number of methoxy groups -OCH3 is 1. The van der Waals surface area contributed by atoms with Gasteiger partial charge in [-0.25, -0.2) is 4.98 Å². The van der Waals surface area contributed by atoms with Crippen molar-refractivity contribution < 1.29 is 9.15 Å². The Morgan fingerprint density at radius 1 is 1.10 bits per heavy atom. The predicted octanol–water partition coefficient (Wildman–Crippen LogP) is 5.08. The molecule has 29 heavy (non-hydrogen) atoms. The number of aromatic nitrogens is 3. The summed E-state index contributed by atoms with van der Waals surface area (Å²) >= 11 is 1.79. The first-order valence-corrected chi connectivity index (χ1v) is 10.7. The Morgan fingerprint density at radius 3 is 2.79 bits per heavy atom. The molecule has 0 amide bonds. The molecule has 4 aromatic rings. The van der Waals surface area contributed by atoms with Gasteiger partial charge < -0.3 is 9.15 Å². The summed E-state index contributed by atoms with van der Waals surface area (Å²) in [5.74, 6) is 1.99. The van der Waals surface area contributed by atoms with E-state index in [2.05, 4.69) is 33.3 Å². The molecule has 1 aliphatic rings. The van der Waals surface area contributed by atoms with Crippen molar-refractivity contribution in [2.45, 2.75) is 31.8 Å². The number of ether oxygens (including phenoxy) is 1. The van der Waals surface area contributed by atoms with Gasteiger partial charge in [0.25, 0.3) is 0 Å². The normalized spacial score (nSPS) is 17.6. The smallest absolute Gasteiger partial charge is 0.247 e. The van der Waals surface area contributed by atoms with Gasteiger partial charge in [-0.15, -0.1) is 21.5 Å². The Hall–Kier alpha value is -2.77. The van der Waals surface area contributed by atoms with Gasteiger partial charge in [0.05, 0.1) is 29.9 Å². The molecular weight excluding hydrogens is 384 g/mol. The van der Waals surface area contributed by atoms with E-state index in [-0.39, 0.29) is 0 Å². The van der Waals surface area contributed by atoms with Crippen LogP contribution in [0.1, 0.15) is 36.2 Å². The quantitative estimate of drug-likeness (QED) is 0.460. The van der Waals surface area contributed by atoms with E-state index < -0.39 is 0 Å². The maximum Gasteiger partial charge on any atom is 0.247 e. The van der Waals surface area contributed by atoms with E-state index in [4.69, 9.17) is 14.1 Å². The fourth-order valence-corrected chi connectivity index (χ4v) is 4.97. The number of thiazole rings is 1. The minimum atomic E-state index is 0.303. The van der Waals surface area contributed by atoms with Crippen molar-refractivity contribution in [3.63, 3.8) is 0 Å². The average molecular weight is 407 g/mol. The molecule has 1 atom stereocenters. The number of piperidine rings is 1. The van der Waals surface area contributed by atoms with Crippen LogP contribution in [0, 0.1) is 0 Å². The minimum absolute atomic E-state index is 0.303. The highest BCUT2D eigenvalue weighted by Gasteiger charge is 2.28. The number of rotatable bonds is 5. The van der Waals surface area contributed by atoms with Crippen molar-refractivity contribution in [2.24, 2.45) is 0 Å². The van der Waals surface area contributed by atoms with E-state index in [1.165, 1.54) is 22.5 Å². The van der Waals surface area contributed by atoms with Crippen LogP contribution in [0.15, 0.2) is 52.9 Å². The van der Waals surface area contributed by atoms with Gasteiger partial charge in [-0.3, -0.25) is 4.90 Å². The zero-order valence-corrected chi connectivity index (χ0v) is 17.1. The Morgan fingerprint density at radius 2 is 1.97 bits per heavy atom. The molecule has 5 rings (SSSR count). The fraction of sp³-hybridized carbons (Fsp3) is 0.318. The monoisotopic (exact) mass is 406 g/mol. The van der Waals surface area contributed by atoms with Crippen molar-refractivity contribution in [1.29, 1.82) is 0 Å². The first-order valence-electron chi connectivity index (χ1n) is 9.86. The fourth-order valence-electron chi connectivity index (χ4n) is 3.83. The SMILES string of the molecule is COc1ccc(-c2nnc(CN3CCCCC3c3nc4ccccc4s3)o2)cc1. The lowest BCUT2D eigenvalue weighted by Crippen LogP contribution is -2.33. The van der Waals surface area contributed by atoms with Crippen LogP contribution in [0.3, 0.4) is 0 Å². The predicted molar refractivity (Wildman–Crippen MR) is 113 cm³/mol. The lowest BCUT2D eigenvalue weighted by atomic mass is 10.0. The molecule has 148 valence electrons. The third kappa shape index (κ3) is 3.75. The van der Waals surface area contributed by atoms with Crippen molar-refractivity contribution in [3.8, 4) is 17.2 Å². The Labute approximate surface area is 173 Å². The van der Waals surface area contributed by atoms with Gasteiger partial charge >= 0.3 is 0 Å². The number of likely N-dealkylation sites (tertiary alicyclic amines) is 1. The molecule has 0 bridgehead atoms. The van der Waals surface area contributed by atoms with Crippen molar-refractivity contribution in [3.05, 3.63) is 59.4 Å². The Bertz CT molecular complexity index is 1070. The molecule has 1 unspecified atom stereocenters. The van der Waals surface area contributed by atoms with Gasteiger partial charge in [0, 0.05) is 5.56 Å². The van der Waals surface area contributed by atoms with Crippen LogP contribution in [-0.4, -0.2) is 33.7 Å². The summed E-state index contributed by atoms with van der Waals surface area (Å²) in [6.07, 6.45) is 3.51. The van der Waals surface area contributed by atoms with E-state index in [0.29, 0.717) is 24.4 Å². The van der Waals surface area contributed by atoms with Crippen LogP contribution >= 0.6 is 11.3 Å². The molecule has 7 heteroatoms. The lowest BCUT2D eigenvalue weighted by molar-refractivity contribution is 0.128. The zero-order valence-electron chi connectivity index (χ0n) is 16.2. The van der Waals surface area contributed by atoms with Crippen molar-refractivity contribution in [1.82, 2.24) is 20.1 Å². The first kappa shape index (κ1) is 18.3. The first-order chi connectivity index (χ1) is 14.3. The third-order valence-corrected chi connectivity index (χ3v) is 6.49. The highest BCUT2D eigenvalue weighted by Crippen LogP contribution is 2.36. The summed E-state index contributed by atoms with van der Waals surface area (Å²) in [5, 5.41) is 9.72. The molecule has 6 nitrogen and oxygen atoms in total. The summed E-state index contributed by atoms with van der Waals surface area (Å²) in [5.41, 5.74) is 1.98. The largest absolute Gasteiger partial charge is 0.497 e. The van der Waals surface area contributed by atoms with E-state index in [9.17, 15) is 0 Å². The molecule has 2 aromatic carbocycles. The van der Waals surface area contributed by atoms with Crippen molar-refractivity contribution >= 4 is 21.6 Å². The van der Waals surface area contributed by atoms with Crippen LogP contribution in [0.2, 0.25) is 0 Å². The van der Waals surface area contributed by atoms with E-state index in [0.717, 1.165) is 29.8 Å². The van der Waals surface area contributed by atoms with Crippen molar-refractivity contribution in [2.75, 3.05) is 13.7 Å². The van der Waals surface area contributed by atoms with E-state index >= 15 is 0 Å². The standard InChI is InChI=1S/C22H22N4O2S/c1-27-16-11-9-15(10-12-16)21-25-24-20(28-21)14-26-13-5-4-7-18(26)22-23-17-6-2-3-8-19(17)29-22/h2-3,6,8-12,18H,4-5,7,13-14H2,1H3. The van der Waals surface area contributed by atoms with Crippen LogP contribution in [0.4, 0.5) is 0 Å². The average Bonchev–Trinajstić information content (AvgIpc) is 3.41. The highest BCUT2D eigenvalue weighted by molar-refractivity contribution is 7.18. The molecule has 2 aromatic heterocycles. The Balaban J connectivity index is 1.36. The maximum absolute atomic E-state index is 5.97. The van der Waals surface area contributed by atoms with Gasteiger partial charge in [-0.05, 0) is 55.8 Å². The molecular formula is C22H22N4O2S. The van der Waals surface area contributed by atoms with Gasteiger partial charge in [-0.1, -0.05) is 18.6 Å². The number of benzene rings is 2. The molecule has 3 heterocycles. The number of nitrogens with zero attached hydrogens (tertiary/aromatic N) is 4. The summed E-state index contributed by atoms with van der Waals surface area (Å²) in [6.45, 7) is 1.66. The minimum Gasteiger partial charge on any atom is -0.497 e.